The second-order valence-corrected chi connectivity index (χ2v) is 4.87. The van der Waals surface area contributed by atoms with Gasteiger partial charge in [0, 0.05) is 12.2 Å². The Kier molecular flexibility index (Phi) is 5.05. The third kappa shape index (κ3) is 3.66. The quantitative estimate of drug-likeness (QED) is 0.813. The number of pyridine rings is 1. The predicted molar refractivity (Wildman–Crippen MR) is 81.2 cm³/mol. The maximum absolute atomic E-state index is 11.1. The largest absolute Gasteiger partial charge is 0.364 e. The molecule has 0 aliphatic carbocycles. The van der Waals surface area contributed by atoms with Crippen LogP contribution in [0.3, 0.4) is 0 Å². The first kappa shape index (κ1) is 15.2. The van der Waals surface area contributed by atoms with Crippen LogP contribution in [0.1, 0.15) is 48.9 Å². The van der Waals surface area contributed by atoms with E-state index in [0.717, 1.165) is 30.8 Å². The lowest BCUT2D eigenvalue weighted by Crippen LogP contribution is -2.22. The minimum atomic E-state index is -0.534. The third-order valence-corrected chi connectivity index (χ3v) is 3.28. The molecule has 0 aromatic carbocycles. The van der Waals surface area contributed by atoms with Crippen molar-refractivity contribution in [3.8, 4) is 5.69 Å². The Morgan fingerprint density at radius 3 is 2.71 bits per heavy atom. The van der Waals surface area contributed by atoms with Crippen molar-refractivity contribution in [1.82, 2.24) is 20.1 Å². The molecule has 6 nitrogen and oxygen atoms in total. The predicted octanol–water partition coefficient (Wildman–Crippen LogP) is 1.82. The van der Waals surface area contributed by atoms with Gasteiger partial charge in [0.15, 0.2) is 0 Å². The number of hydrogen-bond donors (Lipinski definition) is 2. The number of nitrogens with zero attached hydrogens (tertiary/aromatic N) is 3. The van der Waals surface area contributed by atoms with E-state index in [1.165, 1.54) is 0 Å². The van der Waals surface area contributed by atoms with Gasteiger partial charge < -0.3 is 11.1 Å². The van der Waals surface area contributed by atoms with Gasteiger partial charge in [-0.1, -0.05) is 13.8 Å². The van der Waals surface area contributed by atoms with E-state index in [9.17, 15) is 4.79 Å². The van der Waals surface area contributed by atoms with Crippen molar-refractivity contribution < 1.29 is 4.79 Å². The zero-order chi connectivity index (χ0) is 15.2. The first-order valence-corrected chi connectivity index (χ1v) is 7.20. The van der Waals surface area contributed by atoms with Crippen molar-refractivity contribution >= 4 is 5.91 Å². The van der Waals surface area contributed by atoms with Crippen LogP contribution >= 0.6 is 0 Å². The molecule has 2 rings (SSSR count). The summed E-state index contributed by atoms with van der Waals surface area (Å²) in [5.41, 5.74) is 7.25. The molecule has 0 bridgehead atoms. The molecule has 6 heteroatoms. The number of primary amides is 1. The summed E-state index contributed by atoms with van der Waals surface area (Å²) in [7, 11) is 0. The van der Waals surface area contributed by atoms with Crippen molar-refractivity contribution in [2.24, 2.45) is 5.73 Å². The molecule has 1 amide bonds. The first-order chi connectivity index (χ1) is 10.2. The number of amides is 1. The Labute approximate surface area is 124 Å². The standard InChI is InChI=1S/C15H21N5O/c1-3-8-17-12(4-2)13-6-5-11(10-18-13)20-9-7-14(19-20)15(16)21/h5-7,9-10,12,17H,3-4,8H2,1-2H3,(H2,16,21). The second kappa shape index (κ2) is 6.99. The van der Waals surface area contributed by atoms with Gasteiger partial charge in [0.1, 0.15) is 5.69 Å². The van der Waals surface area contributed by atoms with Crippen molar-refractivity contribution in [2.45, 2.75) is 32.7 Å². The zero-order valence-electron chi connectivity index (χ0n) is 12.4. The van der Waals surface area contributed by atoms with Gasteiger partial charge in [-0.3, -0.25) is 9.78 Å². The Balaban J connectivity index is 2.15. The maximum Gasteiger partial charge on any atom is 0.269 e. The molecule has 3 N–H and O–H groups in total. The summed E-state index contributed by atoms with van der Waals surface area (Å²) >= 11 is 0. The van der Waals surface area contributed by atoms with Crippen LogP contribution in [0.5, 0.6) is 0 Å². The highest BCUT2D eigenvalue weighted by Crippen LogP contribution is 2.16. The number of rotatable bonds is 7. The van der Waals surface area contributed by atoms with Crippen LogP contribution in [0, 0.1) is 0 Å². The van der Waals surface area contributed by atoms with Crippen LogP contribution in [0.2, 0.25) is 0 Å². The Morgan fingerprint density at radius 2 is 2.19 bits per heavy atom. The Hall–Kier alpha value is -2.21. The van der Waals surface area contributed by atoms with E-state index in [2.05, 4.69) is 29.2 Å². The smallest absolute Gasteiger partial charge is 0.269 e. The lowest BCUT2D eigenvalue weighted by Gasteiger charge is -2.16. The number of carbonyl (C=O) groups is 1. The average Bonchev–Trinajstić information content (AvgIpc) is 2.99. The van der Waals surface area contributed by atoms with Crippen molar-refractivity contribution in [1.29, 1.82) is 0 Å². The molecule has 2 aromatic rings. The SMILES string of the molecule is CCCNC(CC)c1ccc(-n2ccc(C(N)=O)n2)cn1. The fourth-order valence-corrected chi connectivity index (χ4v) is 2.11. The van der Waals surface area contributed by atoms with Gasteiger partial charge in [0.25, 0.3) is 5.91 Å². The number of nitrogens with two attached hydrogens (primary N) is 1. The van der Waals surface area contributed by atoms with Crippen LogP contribution in [0.4, 0.5) is 0 Å². The van der Waals surface area contributed by atoms with E-state index in [4.69, 9.17) is 5.73 Å². The van der Waals surface area contributed by atoms with Gasteiger partial charge in [-0.15, -0.1) is 0 Å². The summed E-state index contributed by atoms with van der Waals surface area (Å²) in [6.45, 7) is 5.25. The molecule has 0 saturated heterocycles. The highest BCUT2D eigenvalue weighted by atomic mass is 16.1. The van der Waals surface area contributed by atoms with Crippen LogP contribution in [0.25, 0.3) is 5.69 Å². The van der Waals surface area contributed by atoms with Crippen LogP contribution < -0.4 is 11.1 Å². The van der Waals surface area contributed by atoms with Gasteiger partial charge in [-0.05, 0) is 37.6 Å². The van der Waals surface area contributed by atoms with Gasteiger partial charge in [0.05, 0.1) is 17.6 Å². The number of nitrogens with one attached hydrogen (secondary N) is 1. The maximum atomic E-state index is 11.1. The lowest BCUT2D eigenvalue weighted by molar-refractivity contribution is 0.0995. The molecule has 0 aliphatic heterocycles. The fourth-order valence-electron chi connectivity index (χ4n) is 2.11. The molecule has 0 saturated carbocycles. The molecular weight excluding hydrogens is 266 g/mol. The van der Waals surface area contributed by atoms with E-state index in [0.29, 0.717) is 0 Å². The monoisotopic (exact) mass is 287 g/mol. The highest BCUT2D eigenvalue weighted by Gasteiger charge is 2.10. The van der Waals surface area contributed by atoms with E-state index in [1.54, 1.807) is 23.1 Å². The molecular formula is C15H21N5O. The van der Waals surface area contributed by atoms with Crippen molar-refractivity contribution in [2.75, 3.05) is 6.54 Å². The van der Waals surface area contributed by atoms with Gasteiger partial charge in [-0.2, -0.15) is 5.10 Å². The first-order valence-electron chi connectivity index (χ1n) is 7.20. The molecule has 0 spiro atoms. The summed E-state index contributed by atoms with van der Waals surface area (Å²) in [6.07, 6.45) is 5.53. The lowest BCUT2D eigenvalue weighted by atomic mass is 10.1. The number of aromatic nitrogens is 3. The van der Waals surface area contributed by atoms with Gasteiger partial charge >= 0.3 is 0 Å². The third-order valence-electron chi connectivity index (χ3n) is 3.28. The molecule has 112 valence electrons. The molecule has 1 unspecified atom stereocenters. The van der Waals surface area contributed by atoms with Gasteiger partial charge in [0.2, 0.25) is 0 Å². The highest BCUT2D eigenvalue weighted by molar-refractivity contribution is 5.90. The summed E-state index contributed by atoms with van der Waals surface area (Å²) in [5.74, 6) is -0.534. The van der Waals surface area contributed by atoms with E-state index < -0.39 is 5.91 Å². The van der Waals surface area contributed by atoms with Crippen LogP contribution in [-0.4, -0.2) is 27.2 Å². The normalized spacial score (nSPS) is 12.3. The topological polar surface area (TPSA) is 85.8 Å². The van der Waals surface area contributed by atoms with Gasteiger partial charge in [-0.25, -0.2) is 4.68 Å². The zero-order valence-corrected chi connectivity index (χ0v) is 12.4. The summed E-state index contributed by atoms with van der Waals surface area (Å²) in [6, 6.07) is 5.78. The second-order valence-electron chi connectivity index (χ2n) is 4.87. The van der Waals surface area contributed by atoms with E-state index >= 15 is 0 Å². The Morgan fingerprint density at radius 1 is 1.38 bits per heavy atom. The summed E-state index contributed by atoms with van der Waals surface area (Å²) < 4.78 is 1.59. The van der Waals surface area contributed by atoms with Crippen LogP contribution in [-0.2, 0) is 0 Å². The molecule has 21 heavy (non-hydrogen) atoms. The fraction of sp³-hybridized carbons (Fsp3) is 0.400. The van der Waals surface area contributed by atoms with Crippen molar-refractivity contribution in [3.05, 3.63) is 42.0 Å². The van der Waals surface area contributed by atoms with E-state index in [1.807, 2.05) is 12.1 Å². The molecule has 0 fully saturated rings. The average molecular weight is 287 g/mol. The number of carbonyl (C=O) groups excluding carboxylic acids is 1. The molecule has 1 atom stereocenters. The minimum Gasteiger partial charge on any atom is -0.364 e. The van der Waals surface area contributed by atoms with E-state index in [-0.39, 0.29) is 11.7 Å². The Bertz CT molecular complexity index is 590. The molecule has 0 radical (unpaired) electrons. The summed E-state index contributed by atoms with van der Waals surface area (Å²) in [5, 5.41) is 7.58. The molecule has 2 aromatic heterocycles. The minimum absolute atomic E-state index is 0.245. The van der Waals surface area contributed by atoms with Crippen molar-refractivity contribution in [3.63, 3.8) is 0 Å². The molecule has 0 aliphatic rings. The molecule has 2 heterocycles. The summed E-state index contributed by atoms with van der Waals surface area (Å²) in [4.78, 5) is 15.5. The van der Waals surface area contributed by atoms with Crippen LogP contribution in [0.15, 0.2) is 30.6 Å². The number of hydrogen-bond acceptors (Lipinski definition) is 4.